The van der Waals surface area contributed by atoms with E-state index in [0.29, 0.717) is 0 Å². The number of carbonyl (C=O) groups is 1. The van der Waals surface area contributed by atoms with Crippen molar-refractivity contribution in [2.24, 2.45) is 5.92 Å². The maximum Gasteiger partial charge on any atom is 0.173 e. The second kappa shape index (κ2) is 3.65. The summed E-state index contributed by atoms with van der Waals surface area (Å²) in [5.74, 6) is 0.103. The number of carbonyl (C=O) groups excluding carboxylic acids is 1. The van der Waals surface area contributed by atoms with Gasteiger partial charge in [-0.15, -0.1) is 0 Å². The molecule has 13 heavy (non-hydrogen) atoms. The van der Waals surface area contributed by atoms with Gasteiger partial charge in [0, 0.05) is 10.0 Å². The highest BCUT2D eigenvalue weighted by atomic mass is 127. The molecule has 2 atom stereocenters. The van der Waals surface area contributed by atoms with Crippen LogP contribution in [0.2, 0.25) is 0 Å². The molecule has 0 aromatic heterocycles. The van der Waals surface area contributed by atoms with Gasteiger partial charge in [-0.05, 0) is 6.08 Å². The molecule has 2 nitrogen and oxygen atoms in total. The van der Waals surface area contributed by atoms with Crippen LogP contribution in [0, 0.1) is 5.92 Å². The van der Waals surface area contributed by atoms with Crippen molar-refractivity contribution in [1.82, 2.24) is 0 Å². The maximum absolute atomic E-state index is 11.8. The van der Waals surface area contributed by atoms with Gasteiger partial charge in [0.2, 0.25) is 0 Å². The largest absolute Gasteiger partial charge is 0.492 e. The molecule has 0 radical (unpaired) electrons. The van der Waals surface area contributed by atoms with Crippen molar-refractivity contribution in [2.75, 3.05) is 4.43 Å². The average molecular weight is 288 g/mol. The van der Waals surface area contributed by atoms with E-state index in [0.717, 1.165) is 10.0 Å². The van der Waals surface area contributed by atoms with Gasteiger partial charge in [0.25, 0.3) is 0 Å². The molecule has 0 aromatic carbocycles. The van der Waals surface area contributed by atoms with Crippen molar-refractivity contribution in [3.8, 4) is 0 Å². The number of ketones is 1. The minimum absolute atomic E-state index is 0.0794. The molecule has 0 N–H and O–H groups in total. The van der Waals surface area contributed by atoms with Crippen molar-refractivity contribution in [3.05, 3.63) is 36.1 Å². The lowest BCUT2D eigenvalue weighted by Crippen LogP contribution is -2.33. The molecule has 1 aliphatic heterocycles. The van der Waals surface area contributed by atoms with Crippen molar-refractivity contribution >= 4 is 28.4 Å². The quantitative estimate of drug-likeness (QED) is 0.545. The molecule has 2 rings (SSSR count). The van der Waals surface area contributed by atoms with Crippen LogP contribution >= 0.6 is 22.6 Å². The van der Waals surface area contributed by atoms with Crippen LogP contribution < -0.4 is 0 Å². The van der Waals surface area contributed by atoms with E-state index in [1.54, 1.807) is 6.26 Å². The summed E-state index contributed by atoms with van der Waals surface area (Å²) in [4.78, 5) is 11.8. The summed E-state index contributed by atoms with van der Waals surface area (Å²) in [6.45, 7) is 0. The number of hydrogen-bond acceptors (Lipinski definition) is 2. The summed E-state index contributed by atoms with van der Waals surface area (Å²) < 4.78 is 6.15. The number of rotatable bonds is 1. The third-order valence-corrected chi connectivity index (χ3v) is 3.04. The number of ether oxygens (including phenoxy) is 1. The third kappa shape index (κ3) is 1.57. The minimum atomic E-state index is -0.0974. The van der Waals surface area contributed by atoms with Crippen molar-refractivity contribution in [2.45, 2.75) is 6.10 Å². The van der Waals surface area contributed by atoms with Crippen LogP contribution in [0.25, 0.3) is 0 Å². The molecule has 3 heteroatoms. The van der Waals surface area contributed by atoms with Gasteiger partial charge in [0.15, 0.2) is 5.78 Å². The smallest absolute Gasteiger partial charge is 0.173 e. The Labute approximate surface area is 90.5 Å². The van der Waals surface area contributed by atoms with E-state index in [-0.39, 0.29) is 17.8 Å². The van der Waals surface area contributed by atoms with Crippen LogP contribution in [-0.4, -0.2) is 16.3 Å². The lowest BCUT2D eigenvalue weighted by atomic mass is 9.88. The summed E-state index contributed by atoms with van der Waals surface area (Å²) in [5, 5.41) is 0. The normalized spacial score (nSPS) is 30.8. The molecule has 0 saturated heterocycles. The number of fused-ring (bicyclic) bond motifs is 1. The zero-order valence-corrected chi connectivity index (χ0v) is 9.10. The molecule has 0 aromatic rings. The first-order valence-electron chi connectivity index (χ1n) is 4.12. The number of halogens is 1. The Kier molecular flexibility index (Phi) is 2.53. The first kappa shape index (κ1) is 8.99. The standard InChI is InChI=1S/C10H9IO2/c11-5-7-6-13-9-4-2-1-3-8(9)10(7)12/h1-4,6,8-9H,5H2. The zero-order valence-electron chi connectivity index (χ0n) is 6.94. The first-order valence-corrected chi connectivity index (χ1v) is 5.65. The van der Waals surface area contributed by atoms with E-state index in [9.17, 15) is 4.79 Å². The van der Waals surface area contributed by atoms with Gasteiger partial charge in [-0.1, -0.05) is 40.8 Å². The highest BCUT2D eigenvalue weighted by Crippen LogP contribution is 2.26. The Morgan fingerprint density at radius 1 is 1.38 bits per heavy atom. The lowest BCUT2D eigenvalue weighted by Gasteiger charge is -2.27. The molecule has 1 aliphatic carbocycles. The van der Waals surface area contributed by atoms with E-state index in [2.05, 4.69) is 22.6 Å². The monoisotopic (exact) mass is 288 g/mol. The molecule has 1 heterocycles. The van der Waals surface area contributed by atoms with Crippen molar-refractivity contribution < 1.29 is 9.53 Å². The van der Waals surface area contributed by atoms with E-state index in [1.807, 2.05) is 24.3 Å². The van der Waals surface area contributed by atoms with Crippen molar-refractivity contribution in [1.29, 1.82) is 0 Å². The molecule has 68 valence electrons. The maximum atomic E-state index is 11.8. The highest BCUT2D eigenvalue weighted by Gasteiger charge is 2.32. The molecule has 0 saturated carbocycles. The highest BCUT2D eigenvalue weighted by molar-refractivity contribution is 14.1. The number of allylic oxidation sites excluding steroid dienone is 3. The van der Waals surface area contributed by atoms with E-state index in [4.69, 9.17) is 4.74 Å². The SMILES string of the molecule is O=C1C(CI)=COC2C=CC=CC12. The van der Waals surface area contributed by atoms with Crippen LogP contribution in [0.4, 0.5) is 0 Å². The van der Waals surface area contributed by atoms with Gasteiger partial charge in [-0.3, -0.25) is 4.79 Å². The summed E-state index contributed by atoms with van der Waals surface area (Å²) in [7, 11) is 0. The van der Waals surface area contributed by atoms with Gasteiger partial charge in [0.1, 0.15) is 6.10 Å². The van der Waals surface area contributed by atoms with Gasteiger partial charge in [0.05, 0.1) is 12.2 Å². The van der Waals surface area contributed by atoms with Crippen LogP contribution in [0.15, 0.2) is 36.1 Å². The van der Waals surface area contributed by atoms with Crippen LogP contribution in [0.3, 0.4) is 0 Å². The number of hydrogen-bond donors (Lipinski definition) is 0. The Morgan fingerprint density at radius 3 is 2.92 bits per heavy atom. The Balaban J connectivity index is 2.28. The molecular weight excluding hydrogens is 279 g/mol. The van der Waals surface area contributed by atoms with Crippen LogP contribution in [-0.2, 0) is 9.53 Å². The molecule has 2 unspecified atom stereocenters. The molecule has 2 aliphatic rings. The van der Waals surface area contributed by atoms with E-state index in [1.165, 1.54) is 0 Å². The van der Waals surface area contributed by atoms with E-state index >= 15 is 0 Å². The Morgan fingerprint density at radius 2 is 2.15 bits per heavy atom. The van der Waals surface area contributed by atoms with Gasteiger partial charge >= 0.3 is 0 Å². The topological polar surface area (TPSA) is 26.3 Å². The first-order chi connectivity index (χ1) is 6.33. The van der Waals surface area contributed by atoms with Gasteiger partial charge in [-0.25, -0.2) is 0 Å². The van der Waals surface area contributed by atoms with Gasteiger partial charge in [-0.2, -0.15) is 0 Å². The number of Topliss-reactive ketones (excluding diaryl/α,β-unsaturated/α-hetero) is 1. The summed E-state index contributed by atoms with van der Waals surface area (Å²) in [6, 6.07) is 0. The second-order valence-corrected chi connectivity index (χ2v) is 3.80. The van der Waals surface area contributed by atoms with Gasteiger partial charge < -0.3 is 4.74 Å². The van der Waals surface area contributed by atoms with Crippen LogP contribution in [0.5, 0.6) is 0 Å². The fraction of sp³-hybridized carbons (Fsp3) is 0.300. The molecule has 0 spiro atoms. The minimum Gasteiger partial charge on any atom is -0.492 e. The third-order valence-electron chi connectivity index (χ3n) is 2.21. The predicted molar refractivity (Wildman–Crippen MR) is 58.6 cm³/mol. The summed E-state index contributed by atoms with van der Waals surface area (Å²) in [5.41, 5.74) is 0.779. The van der Waals surface area contributed by atoms with Crippen molar-refractivity contribution in [3.63, 3.8) is 0 Å². The zero-order chi connectivity index (χ0) is 9.26. The average Bonchev–Trinajstić information content (AvgIpc) is 2.19. The Hall–Kier alpha value is -0.580. The molecule has 0 fully saturated rings. The summed E-state index contributed by atoms with van der Waals surface area (Å²) in [6.07, 6.45) is 9.16. The number of alkyl halides is 1. The molecular formula is C10H9IO2. The summed E-state index contributed by atoms with van der Waals surface area (Å²) >= 11 is 2.17. The molecule has 0 bridgehead atoms. The molecule has 0 amide bonds. The second-order valence-electron chi connectivity index (χ2n) is 3.04. The predicted octanol–water partition coefficient (Wildman–Crippen LogP) is 2.02. The Bertz CT molecular complexity index is 315. The van der Waals surface area contributed by atoms with Crippen LogP contribution in [0.1, 0.15) is 0 Å². The fourth-order valence-electron chi connectivity index (χ4n) is 1.48. The fourth-order valence-corrected chi connectivity index (χ4v) is 2.04. The van der Waals surface area contributed by atoms with E-state index < -0.39 is 0 Å². The lowest BCUT2D eigenvalue weighted by molar-refractivity contribution is -0.121.